The fourth-order valence-electron chi connectivity index (χ4n) is 2.63. The van der Waals surface area contributed by atoms with Crippen LogP contribution < -0.4 is 5.84 Å². The van der Waals surface area contributed by atoms with Crippen LogP contribution in [0, 0.1) is 24.0 Å². The summed E-state index contributed by atoms with van der Waals surface area (Å²) in [5.41, 5.74) is 2.35. The van der Waals surface area contributed by atoms with Gasteiger partial charge < -0.3 is 10.4 Å². The van der Waals surface area contributed by atoms with Gasteiger partial charge in [-0.05, 0) is 32.0 Å². The molecule has 0 amide bonds. The molecule has 0 spiro atoms. The van der Waals surface area contributed by atoms with Gasteiger partial charge in [-0.1, -0.05) is 16.9 Å². The number of aromatic nitrogens is 7. The number of rotatable bonds is 6. The van der Waals surface area contributed by atoms with E-state index in [1.165, 1.54) is 28.6 Å². The monoisotopic (exact) mass is 413 g/mol. The van der Waals surface area contributed by atoms with Gasteiger partial charge in [-0.25, -0.2) is 9.36 Å². The fourth-order valence-corrected chi connectivity index (χ4v) is 3.32. The van der Waals surface area contributed by atoms with Gasteiger partial charge in [0.1, 0.15) is 0 Å². The zero-order chi connectivity index (χ0) is 20.5. The third kappa shape index (κ3) is 3.67. The molecular weight excluding hydrogens is 398 g/mol. The summed E-state index contributed by atoms with van der Waals surface area (Å²) in [6, 6.07) is 7.82. The van der Waals surface area contributed by atoms with Crippen molar-refractivity contribution >= 4 is 17.4 Å². The number of benzene rings is 1. The maximum absolute atomic E-state index is 10.7. The first-order valence-electron chi connectivity index (χ1n) is 8.36. The number of nitrogens with zero attached hydrogens (tertiary/aromatic N) is 8. The van der Waals surface area contributed by atoms with E-state index in [4.69, 9.17) is 10.4 Å². The van der Waals surface area contributed by atoms with Crippen LogP contribution >= 0.6 is 11.8 Å². The van der Waals surface area contributed by atoms with Gasteiger partial charge in [-0.2, -0.15) is 10.1 Å². The third-order valence-electron chi connectivity index (χ3n) is 3.97. The molecule has 13 heteroatoms. The Bertz CT molecular complexity index is 1180. The van der Waals surface area contributed by atoms with Gasteiger partial charge in [0.05, 0.1) is 16.4 Å². The van der Waals surface area contributed by atoms with E-state index in [0.29, 0.717) is 34.1 Å². The van der Waals surface area contributed by atoms with Crippen molar-refractivity contribution in [3.8, 4) is 17.3 Å². The van der Waals surface area contributed by atoms with Crippen LogP contribution in [-0.2, 0) is 5.75 Å². The molecular formula is C16H15N9O3S. The highest BCUT2D eigenvalue weighted by Crippen LogP contribution is 2.24. The van der Waals surface area contributed by atoms with Crippen molar-refractivity contribution in [1.82, 2.24) is 34.8 Å². The molecule has 0 bridgehead atoms. The summed E-state index contributed by atoms with van der Waals surface area (Å²) in [5.74, 6) is 7.53. The first kappa shape index (κ1) is 18.6. The second kappa shape index (κ2) is 7.35. The summed E-state index contributed by atoms with van der Waals surface area (Å²) < 4.78 is 8.20. The molecule has 4 rings (SSSR count). The minimum Gasteiger partial charge on any atom is -0.338 e. The number of nitrogens with two attached hydrogens (primary N) is 1. The molecule has 0 aliphatic rings. The molecule has 1 aromatic carbocycles. The Kier molecular flexibility index (Phi) is 4.72. The third-order valence-corrected chi connectivity index (χ3v) is 4.90. The predicted molar refractivity (Wildman–Crippen MR) is 103 cm³/mol. The Morgan fingerprint density at radius 2 is 2.00 bits per heavy atom. The largest absolute Gasteiger partial charge is 0.338 e. The fraction of sp³-hybridized carbons (Fsp3) is 0.188. The number of nitro groups is 1. The molecule has 0 unspecified atom stereocenters. The van der Waals surface area contributed by atoms with Gasteiger partial charge in [0.2, 0.25) is 16.9 Å². The van der Waals surface area contributed by atoms with E-state index < -0.39 is 4.92 Å². The van der Waals surface area contributed by atoms with E-state index >= 15 is 0 Å². The summed E-state index contributed by atoms with van der Waals surface area (Å²) in [5, 5.41) is 27.6. The van der Waals surface area contributed by atoms with E-state index in [2.05, 4.69) is 25.4 Å². The number of non-ortho nitro benzene ring substituents is 1. The molecule has 0 fully saturated rings. The molecule has 148 valence electrons. The van der Waals surface area contributed by atoms with E-state index in [9.17, 15) is 10.1 Å². The summed E-state index contributed by atoms with van der Waals surface area (Å²) in [6.07, 6.45) is 0. The molecule has 3 heterocycles. The molecule has 0 saturated carbocycles. The number of nitrogen functional groups attached to an aromatic ring is 1. The van der Waals surface area contributed by atoms with Crippen LogP contribution in [0.4, 0.5) is 5.69 Å². The van der Waals surface area contributed by atoms with E-state index in [1.807, 2.05) is 19.9 Å². The molecule has 0 saturated heterocycles. The zero-order valence-corrected chi connectivity index (χ0v) is 16.2. The number of aryl methyl sites for hydroxylation is 2. The van der Waals surface area contributed by atoms with Crippen LogP contribution in [0.25, 0.3) is 17.3 Å². The van der Waals surface area contributed by atoms with Crippen LogP contribution in [0.5, 0.6) is 0 Å². The van der Waals surface area contributed by atoms with E-state index in [-0.39, 0.29) is 5.69 Å². The predicted octanol–water partition coefficient (Wildman–Crippen LogP) is 2.04. The van der Waals surface area contributed by atoms with Crippen LogP contribution in [0.1, 0.15) is 17.3 Å². The van der Waals surface area contributed by atoms with Gasteiger partial charge in [0.25, 0.3) is 11.6 Å². The van der Waals surface area contributed by atoms with Crippen LogP contribution in [0.3, 0.4) is 0 Å². The first-order chi connectivity index (χ1) is 13.9. The molecule has 0 aliphatic carbocycles. The SMILES string of the molecule is Cc1cc(C)n(-c2nnc(SCc3nc(-c4ccc([N+](=O)[O-])cc4)no3)n2N)n1. The highest BCUT2D eigenvalue weighted by atomic mass is 32.2. The lowest BCUT2D eigenvalue weighted by Crippen LogP contribution is -2.17. The lowest BCUT2D eigenvalue weighted by atomic mass is 10.2. The summed E-state index contributed by atoms with van der Waals surface area (Å²) in [6.45, 7) is 3.79. The van der Waals surface area contributed by atoms with Crippen molar-refractivity contribution < 1.29 is 9.45 Å². The lowest BCUT2D eigenvalue weighted by molar-refractivity contribution is -0.384. The standard InChI is InChI=1S/C16H15N9O3S/c1-9-7-10(2)24(21-9)15-19-20-16(23(15)17)29-8-13-18-14(22-28-13)11-3-5-12(6-4-11)25(26)27/h3-7H,8,17H2,1-2H3. The Morgan fingerprint density at radius 1 is 1.24 bits per heavy atom. The minimum atomic E-state index is -0.467. The van der Waals surface area contributed by atoms with Crippen LogP contribution in [-0.4, -0.2) is 39.7 Å². The maximum atomic E-state index is 10.7. The normalized spacial score (nSPS) is 11.1. The molecule has 0 aliphatic heterocycles. The highest BCUT2D eigenvalue weighted by molar-refractivity contribution is 7.98. The van der Waals surface area contributed by atoms with Crippen molar-refractivity contribution in [3.63, 3.8) is 0 Å². The summed E-state index contributed by atoms with van der Waals surface area (Å²) in [7, 11) is 0. The summed E-state index contributed by atoms with van der Waals surface area (Å²) >= 11 is 1.28. The van der Waals surface area contributed by atoms with Gasteiger partial charge in [-0.15, -0.1) is 10.2 Å². The average molecular weight is 413 g/mol. The van der Waals surface area contributed by atoms with Crippen molar-refractivity contribution in [3.05, 3.63) is 57.7 Å². The molecule has 29 heavy (non-hydrogen) atoms. The van der Waals surface area contributed by atoms with Crippen molar-refractivity contribution in [1.29, 1.82) is 0 Å². The van der Waals surface area contributed by atoms with E-state index in [0.717, 1.165) is 11.4 Å². The van der Waals surface area contributed by atoms with Gasteiger partial charge in [0, 0.05) is 23.4 Å². The molecule has 2 N–H and O–H groups in total. The van der Waals surface area contributed by atoms with Gasteiger partial charge in [0.15, 0.2) is 0 Å². The Hall–Kier alpha value is -3.74. The van der Waals surface area contributed by atoms with Gasteiger partial charge >= 0.3 is 0 Å². The molecule has 3 aromatic heterocycles. The topological polar surface area (TPSA) is 157 Å². The lowest BCUT2D eigenvalue weighted by Gasteiger charge is -2.03. The maximum Gasteiger partial charge on any atom is 0.271 e. The highest BCUT2D eigenvalue weighted by Gasteiger charge is 2.17. The average Bonchev–Trinajstić information content (AvgIpc) is 3.39. The van der Waals surface area contributed by atoms with Crippen molar-refractivity contribution in [2.24, 2.45) is 0 Å². The van der Waals surface area contributed by atoms with Crippen LogP contribution in [0.2, 0.25) is 0 Å². The Labute approximate surface area is 167 Å². The number of hydrogen-bond acceptors (Lipinski definition) is 10. The Balaban J connectivity index is 1.46. The smallest absolute Gasteiger partial charge is 0.271 e. The first-order valence-corrected chi connectivity index (χ1v) is 9.35. The Morgan fingerprint density at radius 3 is 2.66 bits per heavy atom. The minimum absolute atomic E-state index is 0.00581. The summed E-state index contributed by atoms with van der Waals surface area (Å²) in [4.78, 5) is 14.6. The molecule has 12 nitrogen and oxygen atoms in total. The zero-order valence-electron chi connectivity index (χ0n) is 15.4. The van der Waals surface area contributed by atoms with Crippen molar-refractivity contribution in [2.75, 3.05) is 5.84 Å². The molecule has 0 radical (unpaired) electrons. The number of hydrogen-bond donors (Lipinski definition) is 1. The quantitative estimate of drug-likeness (QED) is 0.215. The number of nitro benzene ring substituents is 1. The number of thioether (sulfide) groups is 1. The van der Waals surface area contributed by atoms with E-state index in [1.54, 1.807) is 16.8 Å². The second-order valence-corrected chi connectivity index (χ2v) is 7.04. The molecule has 4 aromatic rings. The second-order valence-electron chi connectivity index (χ2n) is 6.10. The van der Waals surface area contributed by atoms with Gasteiger partial charge in [-0.3, -0.25) is 10.1 Å². The van der Waals surface area contributed by atoms with Crippen molar-refractivity contribution in [2.45, 2.75) is 24.8 Å². The molecule has 0 atom stereocenters. The van der Waals surface area contributed by atoms with Crippen LogP contribution in [0.15, 0.2) is 40.0 Å².